The summed E-state index contributed by atoms with van der Waals surface area (Å²) in [6, 6.07) is 6.36. The molecule has 0 aliphatic carbocycles. The average Bonchev–Trinajstić information content (AvgIpc) is 2.96. The highest BCUT2D eigenvalue weighted by atomic mass is 35.5. The lowest BCUT2D eigenvalue weighted by atomic mass is 10.0. The molecule has 1 aromatic heterocycles. The summed E-state index contributed by atoms with van der Waals surface area (Å²) in [6.45, 7) is 2.21. The number of amides is 1. The molecule has 6 nitrogen and oxygen atoms in total. The van der Waals surface area contributed by atoms with Crippen LogP contribution in [0.2, 0.25) is 5.02 Å². The van der Waals surface area contributed by atoms with E-state index < -0.39 is 12.0 Å². The highest BCUT2D eigenvalue weighted by molar-refractivity contribution is 6.30. The Bertz CT molecular complexity index is 770. The lowest BCUT2D eigenvalue weighted by Crippen LogP contribution is -2.48. The predicted molar refractivity (Wildman–Crippen MR) is 89.6 cm³/mol. The highest BCUT2D eigenvalue weighted by Gasteiger charge is 2.33. The number of piperidine rings is 1. The van der Waals surface area contributed by atoms with Crippen LogP contribution in [0, 0.1) is 6.92 Å². The number of likely N-dealkylation sites (tertiary alicyclic amines) is 1. The quantitative estimate of drug-likeness (QED) is 0.926. The lowest BCUT2D eigenvalue weighted by molar-refractivity contribution is -0.143. The van der Waals surface area contributed by atoms with E-state index in [0.717, 1.165) is 18.5 Å². The van der Waals surface area contributed by atoms with Crippen LogP contribution < -0.4 is 0 Å². The Labute approximate surface area is 144 Å². The Hall–Kier alpha value is -2.34. The molecule has 24 heavy (non-hydrogen) atoms. The van der Waals surface area contributed by atoms with Crippen molar-refractivity contribution < 1.29 is 14.7 Å². The van der Waals surface area contributed by atoms with Crippen molar-refractivity contribution in [1.29, 1.82) is 0 Å². The standard InChI is InChI=1S/C17H18ClN3O3/c1-11-14(10-21(19-11)13-7-5-12(18)6-8-13)16(22)20-9-3-2-4-15(20)17(23)24/h5-8,10,15H,2-4,9H2,1H3,(H,23,24). The fraction of sp³-hybridized carbons (Fsp3) is 0.353. The van der Waals surface area contributed by atoms with Crippen LogP contribution >= 0.6 is 11.6 Å². The van der Waals surface area contributed by atoms with E-state index in [0.29, 0.717) is 29.2 Å². The summed E-state index contributed by atoms with van der Waals surface area (Å²) < 4.78 is 1.61. The first-order valence-electron chi connectivity index (χ1n) is 7.83. The maximum absolute atomic E-state index is 12.8. The second kappa shape index (κ2) is 6.65. The minimum Gasteiger partial charge on any atom is -0.480 e. The van der Waals surface area contributed by atoms with E-state index in [1.807, 2.05) is 12.1 Å². The second-order valence-corrected chi connectivity index (χ2v) is 6.33. The van der Waals surface area contributed by atoms with Gasteiger partial charge in [0.25, 0.3) is 5.91 Å². The number of nitrogens with zero attached hydrogens (tertiary/aromatic N) is 3. The van der Waals surface area contributed by atoms with E-state index in [-0.39, 0.29) is 5.91 Å². The van der Waals surface area contributed by atoms with Crippen LogP contribution in [0.25, 0.3) is 5.69 Å². The summed E-state index contributed by atoms with van der Waals surface area (Å²) in [7, 11) is 0. The van der Waals surface area contributed by atoms with E-state index in [4.69, 9.17) is 11.6 Å². The highest BCUT2D eigenvalue weighted by Crippen LogP contribution is 2.22. The van der Waals surface area contributed by atoms with Crippen LogP contribution in [0.5, 0.6) is 0 Å². The molecule has 0 radical (unpaired) electrons. The smallest absolute Gasteiger partial charge is 0.326 e. The molecule has 1 atom stereocenters. The molecule has 1 aromatic carbocycles. The van der Waals surface area contributed by atoms with E-state index in [2.05, 4.69) is 5.10 Å². The number of carbonyl (C=O) groups excluding carboxylic acids is 1. The van der Waals surface area contributed by atoms with Crippen LogP contribution in [0.15, 0.2) is 30.5 Å². The number of benzene rings is 1. The van der Waals surface area contributed by atoms with E-state index in [1.54, 1.807) is 29.9 Å². The molecule has 3 rings (SSSR count). The molecule has 126 valence electrons. The van der Waals surface area contributed by atoms with Gasteiger partial charge in [0.2, 0.25) is 0 Å². The number of rotatable bonds is 3. The van der Waals surface area contributed by atoms with Gasteiger partial charge in [-0.05, 0) is 50.5 Å². The molecule has 1 saturated heterocycles. The summed E-state index contributed by atoms with van der Waals surface area (Å²) in [5.74, 6) is -1.23. The molecule has 1 aliphatic rings. The number of hydrogen-bond acceptors (Lipinski definition) is 3. The van der Waals surface area contributed by atoms with E-state index in [9.17, 15) is 14.7 Å². The molecule has 1 unspecified atom stereocenters. The first kappa shape index (κ1) is 16.5. The van der Waals surface area contributed by atoms with Crippen molar-refractivity contribution in [2.45, 2.75) is 32.2 Å². The number of aliphatic carboxylic acids is 1. The van der Waals surface area contributed by atoms with Crippen molar-refractivity contribution in [3.05, 3.63) is 46.7 Å². The summed E-state index contributed by atoms with van der Waals surface area (Å²) >= 11 is 5.89. The third-order valence-corrected chi connectivity index (χ3v) is 4.52. The van der Waals surface area contributed by atoms with Gasteiger partial charge in [-0.2, -0.15) is 5.10 Å². The van der Waals surface area contributed by atoms with Crippen LogP contribution in [-0.4, -0.2) is 44.3 Å². The number of carboxylic acids is 1. The van der Waals surface area contributed by atoms with Gasteiger partial charge in [-0.3, -0.25) is 4.79 Å². The Kier molecular flexibility index (Phi) is 4.57. The molecule has 1 fully saturated rings. The number of halogens is 1. The monoisotopic (exact) mass is 347 g/mol. The Balaban J connectivity index is 1.90. The van der Waals surface area contributed by atoms with Crippen molar-refractivity contribution in [2.24, 2.45) is 0 Å². The van der Waals surface area contributed by atoms with Gasteiger partial charge < -0.3 is 10.0 Å². The zero-order chi connectivity index (χ0) is 17.3. The van der Waals surface area contributed by atoms with Crippen LogP contribution in [0.1, 0.15) is 35.3 Å². The van der Waals surface area contributed by atoms with E-state index >= 15 is 0 Å². The third-order valence-electron chi connectivity index (χ3n) is 4.27. The first-order chi connectivity index (χ1) is 11.5. The molecule has 1 N–H and O–H groups in total. The van der Waals surface area contributed by atoms with Crippen LogP contribution in [0.4, 0.5) is 0 Å². The molecule has 1 aliphatic heterocycles. The van der Waals surface area contributed by atoms with Gasteiger partial charge in [0.1, 0.15) is 6.04 Å². The Morgan fingerprint density at radius 3 is 2.62 bits per heavy atom. The number of carboxylic acid groups (broad SMARTS) is 1. The number of hydrogen-bond donors (Lipinski definition) is 1. The molecular weight excluding hydrogens is 330 g/mol. The molecule has 0 spiro atoms. The second-order valence-electron chi connectivity index (χ2n) is 5.90. The molecular formula is C17H18ClN3O3. The summed E-state index contributed by atoms with van der Waals surface area (Å²) in [5.41, 5.74) is 1.79. The normalized spacial score (nSPS) is 17.8. The third kappa shape index (κ3) is 3.14. The zero-order valence-corrected chi connectivity index (χ0v) is 14.0. The predicted octanol–water partition coefficient (Wildman–Crippen LogP) is 2.91. The minimum absolute atomic E-state index is 0.278. The molecule has 7 heteroatoms. The van der Waals surface area contributed by atoms with Gasteiger partial charge >= 0.3 is 5.97 Å². The van der Waals surface area contributed by atoms with Gasteiger partial charge in [0.05, 0.1) is 16.9 Å². The average molecular weight is 348 g/mol. The molecule has 2 heterocycles. The SMILES string of the molecule is Cc1nn(-c2ccc(Cl)cc2)cc1C(=O)N1CCCCC1C(=O)O. The van der Waals surface area contributed by atoms with Crippen molar-refractivity contribution in [3.8, 4) is 5.69 Å². The number of aromatic nitrogens is 2. The van der Waals surface area contributed by atoms with Crippen molar-refractivity contribution in [1.82, 2.24) is 14.7 Å². The summed E-state index contributed by atoms with van der Waals surface area (Å²) in [6.07, 6.45) is 3.78. The largest absolute Gasteiger partial charge is 0.480 e. The Morgan fingerprint density at radius 2 is 1.96 bits per heavy atom. The molecule has 0 saturated carbocycles. The van der Waals surface area contributed by atoms with Crippen molar-refractivity contribution in [2.75, 3.05) is 6.54 Å². The van der Waals surface area contributed by atoms with Crippen molar-refractivity contribution in [3.63, 3.8) is 0 Å². The maximum atomic E-state index is 12.8. The lowest BCUT2D eigenvalue weighted by Gasteiger charge is -2.32. The fourth-order valence-electron chi connectivity index (χ4n) is 2.98. The molecule has 0 bridgehead atoms. The number of aryl methyl sites for hydroxylation is 1. The van der Waals surface area contributed by atoms with Gasteiger partial charge in [0, 0.05) is 17.8 Å². The van der Waals surface area contributed by atoms with Gasteiger partial charge in [-0.1, -0.05) is 11.6 Å². The van der Waals surface area contributed by atoms with Gasteiger partial charge in [0.15, 0.2) is 0 Å². The van der Waals surface area contributed by atoms with Crippen LogP contribution in [-0.2, 0) is 4.79 Å². The Morgan fingerprint density at radius 1 is 1.25 bits per heavy atom. The molecule has 2 aromatic rings. The van der Waals surface area contributed by atoms with Crippen molar-refractivity contribution >= 4 is 23.5 Å². The first-order valence-corrected chi connectivity index (χ1v) is 8.21. The van der Waals surface area contributed by atoms with Gasteiger partial charge in [-0.15, -0.1) is 0 Å². The zero-order valence-electron chi connectivity index (χ0n) is 13.3. The topological polar surface area (TPSA) is 75.4 Å². The summed E-state index contributed by atoms with van der Waals surface area (Å²) in [4.78, 5) is 25.7. The van der Waals surface area contributed by atoms with Crippen LogP contribution in [0.3, 0.4) is 0 Å². The minimum atomic E-state index is -0.953. The number of carbonyl (C=O) groups is 2. The summed E-state index contributed by atoms with van der Waals surface area (Å²) in [5, 5.41) is 14.4. The fourth-order valence-corrected chi connectivity index (χ4v) is 3.11. The maximum Gasteiger partial charge on any atom is 0.326 e. The van der Waals surface area contributed by atoms with Gasteiger partial charge in [-0.25, -0.2) is 9.48 Å². The molecule has 1 amide bonds. The van der Waals surface area contributed by atoms with E-state index in [1.165, 1.54) is 4.90 Å².